The Bertz CT molecular complexity index is 910. The molecule has 3 rings (SSSR count). The van der Waals surface area contributed by atoms with Gasteiger partial charge in [-0.15, -0.1) is 0 Å². The van der Waals surface area contributed by atoms with Crippen LogP contribution in [0.2, 0.25) is 0 Å². The zero-order valence-corrected chi connectivity index (χ0v) is 13.8. The molecular formula is C17H17FN6O. The van der Waals surface area contributed by atoms with Crippen LogP contribution in [-0.4, -0.2) is 32.1 Å². The SMILES string of the molecule is CCn1ncc(/C=N\NC(=O)c2cc(-c3ccc(C)cc3)n[nH]2)c1F. The monoisotopic (exact) mass is 340 g/mol. The van der Waals surface area contributed by atoms with Gasteiger partial charge in [0.15, 0.2) is 0 Å². The van der Waals surface area contributed by atoms with Crippen LogP contribution in [0.3, 0.4) is 0 Å². The molecule has 0 aliphatic carbocycles. The maximum Gasteiger partial charge on any atom is 0.289 e. The summed E-state index contributed by atoms with van der Waals surface area (Å²) in [6.45, 7) is 4.20. The topological polar surface area (TPSA) is 88.0 Å². The van der Waals surface area contributed by atoms with Crippen molar-refractivity contribution in [1.82, 2.24) is 25.4 Å². The maximum absolute atomic E-state index is 13.8. The molecular weight excluding hydrogens is 323 g/mol. The molecule has 0 radical (unpaired) electrons. The quantitative estimate of drug-likeness (QED) is 0.552. The second kappa shape index (κ2) is 7.08. The molecule has 0 saturated heterocycles. The van der Waals surface area contributed by atoms with Gasteiger partial charge in [-0.2, -0.15) is 19.7 Å². The van der Waals surface area contributed by atoms with Gasteiger partial charge in [0.25, 0.3) is 5.91 Å². The number of hydrogen-bond donors (Lipinski definition) is 2. The molecule has 0 unspecified atom stereocenters. The van der Waals surface area contributed by atoms with Crippen LogP contribution in [-0.2, 0) is 6.54 Å². The lowest BCUT2D eigenvalue weighted by molar-refractivity contribution is 0.0950. The van der Waals surface area contributed by atoms with Crippen molar-refractivity contribution < 1.29 is 9.18 Å². The zero-order valence-electron chi connectivity index (χ0n) is 13.8. The van der Waals surface area contributed by atoms with Gasteiger partial charge in [-0.1, -0.05) is 29.8 Å². The first-order valence-corrected chi connectivity index (χ1v) is 7.75. The maximum atomic E-state index is 13.8. The fourth-order valence-electron chi connectivity index (χ4n) is 2.22. The van der Waals surface area contributed by atoms with Crippen LogP contribution in [0, 0.1) is 12.9 Å². The van der Waals surface area contributed by atoms with E-state index in [1.165, 1.54) is 17.1 Å². The highest BCUT2D eigenvalue weighted by Crippen LogP contribution is 2.18. The van der Waals surface area contributed by atoms with Crippen molar-refractivity contribution in [1.29, 1.82) is 0 Å². The molecule has 8 heteroatoms. The second-order valence-electron chi connectivity index (χ2n) is 5.44. The molecule has 0 bridgehead atoms. The Kier molecular flexibility index (Phi) is 4.69. The van der Waals surface area contributed by atoms with Crippen LogP contribution in [0.4, 0.5) is 4.39 Å². The summed E-state index contributed by atoms with van der Waals surface area (Å²) in [4.78, 5) is 12.1. The molecule has 128 valence electrons. The molecule has 1 amide bonds. The summed E-state index contributed by atoms with van der Waals surface area (Å²) in [6, 6.07) is 9.43. The predicted octanol–water partition coefficient (Wildman–Crippen LogP) is 2.50. The van der Waals surface area contributed by atoms with Gasteiger partial charge < -0.3 is 0 Å². The Morgan fingerprint density at radius 1 is 1.40 bits per heavy atom. The number of nitrogens with zero attached hydrogens (tertiary/aromatic N) is 4. The highest BCUT2D eigenvalue weighted by Gasteiger charge is 2.11. The third-order valence-electron chi connectivity index (χ3n) is 3.64. The van der Waals surface area contributed by atoms with E-state index in [-0.39, 0.29) is 11.3 Å². The number of hydrazone groups is 1. The van der Waals surface area contributed by atoms with Crippen LogP contribution in [0.1, 0.15) is 28.5 Å². The summed E-state index contributed by atoms with van der Waals surface area (Å²) in [5.41, 5.74) is 5.50. The van der Waals surface area contributed by atoms with Gasteiger partial charge in [0.05, 0.1) is 23.7 Å². The van der Waals surface area contributed by atoms with E-state index in [9.17, 15) is 9.18 Å². The minimum atomic E-state index is -0.497. The first kappa shape index (κ1) is 16.6. The van der Waals surface area contributed by atoms with Crippen molar-refractivity contribution in [2.45, 2.75) is 20.4 Å². The molecule has 0 fully saturated rings. The summed E-state index contributed by atoms with van der Waals surface area (Å²) < 4.78 is 15.0. The van der Waals surface area contributed by atoms with Crippen molar-refractivity contribution in [2.75, 3.05) is 0 Å². The number of H-pyrrole nitrogens is 1. The smallest absolute Gasteiger partial charge is 0.272 e. The zero-order chi connectivity index (χ0) is 17.8. The normalized spacial score (nSPS) is 11.2. The third-order valence-corrected chi connectivity index (χ3v) is 3.64. The van der Waals surface area contributed by atoms with E-state index in [0.29, 0.717) is 12.2 Å². The van der Waals surface area contributed by atoms with Crippen LogP contribution in [0.15, 0.2) is 41.6 Å². The largest absolute Gasteiger partial charge is 0.289 e. The van der Waals surface area contributed by atoms with Gasteiger partial charge in [0, 0.05) is 12.1 Å². The van der Waals surface area contributed by atoms with Crippen LogP contribution >= 0.6 is 0 Å². The Morgan fingerprint density at radius 3 is 2.84 bits per heavy atom. The molecule has 2 N–H and O–H groups in total. The molecule has 0 aliphatic rings. The van der Waals surface area contributed by atoms with Crippen molar-refractivity contribution >= 4 is 12.1 Å². The summed E-state index contributed by atoms with van der Waals surface area (Å²) in [5.74, 6) is -0.964. The van der Waals surface area contributed by atoms with Crippen LogP contribution in [0.25, 0.3) is 11.3 Å². The molecule has 25 heavy (non-hydrogen) atoms. The van der Waals surface area contributed by atoms with Gasteiger partial charge in [0.1, 0.15) is 5.69 Å². The van der Waals surface area contributed by atoms with E-state index in [2.05, 4.69) is 25.8 Å². The lowest BCUT2D eigenvalue weighted by Crippen LogP contribution is -2.18. The summed E-state index contributed by atoms with van der Waals surface area (Å²) in [6.07, 6.45) is 2.56. The van der Waals surface area contributed by atoms with E-state index < -0.39 is 11.9 Å². The van der Waals surface area contributed by atoms with Gasteiger partial charge >= 0.3 is 0 Å². The summed E-state index contributed by atoms with van der Waals surface area (Å²) in [7, 11) is 0. The Hall–Kier alpha value is -3.29. The number of rotatable bonds is 5. The van der Waals surface area contributed by atoms with Gasteiger partial charge in [-0.05, 0) is 19.9 Å². The summed E-state index contributed by atoms with van der Waals surface area (Å²) in [5, 5.41) is 14.4. The number of carbonyl (C=O) groups is 1. The number of aromatic amines is 1. The van der Waals surface area contributed by atoms with Crippen molar-refractivity contribution in [3.05, 3.63) is 59.3 Å². The van der Waals surface area contributed by atoms with E-state index in [1.807, 2.05) is 31.2 Å². The average Bonchev–Trinajstić information content (AvgIpc) is 3.23. The summed E-state index contributed by atoms with van der Waals surface area (Å²) >= 11 is 0. The van der Waals surface area contributed by atoms with E-state index in [4.69, 9.17) is 0 Å². The number of hydrogen-bond acceptors (Lipinski definition) is 4. The first-order chi connectivity index (χ1) is 12.1. The minimum Gasteiger partial charge on any atom is -0.272 e. The number of aryl methyl sites for hydroxylation is 2. The number of halogens is 1. The van der Waals surface area contributed by atoms with E-state index >= 15 is 0 Å². The van der Waals surface area contributed by atoms with Gasteiger partial charge in [-0.25, -0.2) is 10.1 Å². The molecule has 0 spiro atoms. The predicted molar refractivity (Wildman–Crippen MR) is 91.7 cm³/mol. The molecule has 2 aromatic heterocycles. The highest BCUT2D eigenvalue weighted by atomic mass is 19.1. The number of nitrogens with one attached hydrogen (secondary N) is 2. The van der Waals surface area contributed by atoms with E-state index in [1.54, 1.807) is 13.0 Å². The molecule has 7 nitrogen and oxygen atoms in total. The standard InChI is InChI=1S/C17H17FN6O/c1-3-24-16(18)13(10-20-24)9-19-23-17(25)15-8-14(21-22-15)12-6-4-11(2)5-7-12/h4-10H,3H2,1-2H3,(H,21,22)(H,23,25)/b19-9-. The fraction of sp³-hybridized carbons (Fsp3) is 0.176. The Balaban J connectivity index is 1.66. The molecule has 0 saturated carbocycles. The third kappa shape index (κ3) is 3.63. The molecule has 2 heterocycles. The number of benzene rings is 1. The first-order valence-electron chi connectivity index (χ1n) is 7.75. The van der Waals surface area contributed by atoms with Crippen molar-refractivity contribution in [3.8, 4) is 11.3 Å². The van der Waals surface area contributed by atoms with Gasteiger partial charge in [-0.3, -0.25) is 9.89 Å². The molecule has 0 aliphatic heterocycles. The molecule has 0 atom stereocenters. The Labute approximate surface area is 143 Å². The lowest BCUT2D eigenvalue weighted by atomic mass is 10.1. The van der Waals surface area contributed by atoms with Crippen molar-refractivity contribution in [3.63, 3.8) is 0 Å². The second-order valence-corrected chi connectivity index (χ2v) is 5.44. The van der Waals surface area contributed by atoms with Crippen LogP contribution in [0.5, 0.6) is 0 Å². The lowest BCUT2D eigenvalue weighted by Gasteiger charge is -1.96. The number of amides is 1. The average molecular weight is 340 g/mol. The molecule has 3 aromatic rings. The minimum absolute atomic E-state index is 0.201. The number of aromatic nitrogens is 4. The van der Waals surface area contributed by atoms with Crippen molar-refractivity contribution in [2.24, 2.45) is 5.10 Å². The Morgan fingerprint density at radius 2 is 2.16 bits per heavy atom. The number of carbonyl (C=O) groups excluding carboxylic acids is 1. The molecule has 1 aromatic carbocycles. The fourth-order valence-corrected chi connectivity index (χ4v) is 2.22. The van der Waals surface area contributed by atoms with Gasteiger partial charge in [0.2, 0.25) is 5.95 Å². The highest BCUT2D eigenvalue weighted by molar-refractivity contribution is 5.94. The van der Waals surface area contributed by atoms with Crippen LogP contribution < -0.4 is 5.43 Å². The van der Waals surface area contributed by atoms with E-state index in [0.717, 1.165) is 11.1 Å².